The Hall–Kier alpha value is -2.32. The van der Waals surface area contributed by atoms with Crippen molar-refractivity contribution in [1.82, 2.24) is 4.90 Å². The fourth-order valence-corrected chi connectivity index (χ4v) is 2.53. The number of nitrogens with zero attached hydrogens (tertiary/aromatic N) is 3. The van der Waals surface area contributed by atoms with E-state index in [0.717, 1.165) is 12.1 Å². The summed E-state index contributed by atoms with van der Waals surface area (Å²) in [6.45, 7) is 3.22. The second-order valence-corrected chi connectivity index (χ2v) is 5.18. The molecule has 0 radical (unpaired) electrons. The van der Waals surface area contributed by atoms with Gasteiger partial charge in [-0.15, -0.1) is 0 Å². The second-order valence-electron chi connectivity index (χ2n) is 5.18. The zero-order valence-corrected chi connectivity index (χ0v) is 12.5. The van der Waals surface area contributed by atoms with Crippen LogP contribution in [0.1, 0.15) is 18.9 Å². The van der Waals surface area contributed by atoms with Crippen LogP contribution >= 0.6 is 0 Å². The van der Waals surface area contributed by atoms with Gasteiger partial charge in [0.15, 0.2) is 0 Å². The molecule has 126 valence electrons. The van der Waals surface area contributed by atoms with Crippen LogP contribution in [0.15, 0.2) is 18.2 Å². The predicted octanol–water partition coefficient (Wildman–Crippen LogP) is 2.67. The molecule has 6 nitrogen and oxygen atoms in total. The third-order valence-electron chi connectivity index (χ3n) is 3.77. The lowest BCUT2D eigenvalue weighted by Gasteiger charge is -2.35. The van der Waals surface area contributed by atoms with E-state index in [1.54, 1.807) is 16.7 Å². The Morgan fingerprint density at radius 1 is 1.26 bits per heavy atom. The molecule has 0 N–H and O–H groups in total. The number of hydrogen-bond donors (Lipinski definition) is 0. The summed E-state index contributed by atoms with van der Waals surface area (Å²) in [6.07, 6.45) is -4.25. The van der Waals surface area contributed by atoms with Gasteiger partial charge in [-0.05, 0) is 12.1 Å². The van der Waals surface area contributed by atoms with E-state index in [0.29, 0.717) is 38.7 Å². The first kappa shape index (κ1) is 17.0. The highest BCUT2D eigenvalue weighted by molar-refractivity contribution is 5.76. The fraction of sp³-hybridized carbons (Fsp3) is 0.500. The van der Waals surface area contributed by atoms with Crippen LogP contribution in [0.2, 0.25) is 0 Å². The maximum Gasteiger partial charge on any atom is 0.416 e. The summed E-state index contributed by atoms with van der Waals surface area (Å²) >= 11 is 0. The van der Waals surface area contributed by atoms with Crippen molar-refractivity contribution in [2.75, 3.05) is 31.1 Å². The van der Waals surface area contributed by atoms with Crippen LogP contribution in [-0.2, 0) is 11.0 Å². The lowest BCUT2D eigenvalue weighted by atomic mass is 10.1. The number of benzene rings is 1. The van der Waals surface area contributed by atoms with Crippen molar-refractivity contribution in [3.05, 3.63) is 33.9 Å². The van der Waals surface area contributed by atoms with E-state index >= 15 is 0 Å². The SMILES string of the molecule is CCC(=O)N1CCN(c2ccc(C(F)(F)F)cc2[N+](=O)[O-])CC1. The van der Waals surface area contributed by atoms with Crippen LogP contribution in [-0.4, -0.2) is 41.9 Å². The minimum Gasteiger partial charge on any atom is -0.362 e. The van der Waals surface area contributed by atoms with Gasteiger partial charge in [0.1, 0.15) is 5.69 Å². The first-order chi connectivity index (χ1) is 10.7. The van der Waals surface area contributed by atoms with E-state index in [1.807, 2.05) is 0 Å². The Labute approximate surface area is 130 Å². The highest BCUT2D eigenvalue weighted by Gasteiger charge is 2.34. The largest absolute Gasteiger partial charge is 0.416 e. The van der Waals surface area contributed by atoms with Gasteiger partial charge in [-0.3, -0.25) is 14.9 Å². The van der Waals surface area contributed by atoms with Crippen LogP contribution in [0.4, 0.5) is 24.5 Å². The van der Waals surface area contributed by atoms with E-state index in [-0.39, 0.29) is 11.6 Å². The highest BCUT2D eigenvalue weighted by atomic mass is 19.4. The number of carbonyl (C=O) groups is 1. The number of nitro groups is 1. The Kier molecular flexibility index (Phi) is 4.76. The van der Waals surface area contributed by atoms with E-state index in [4.69, 9.17) is 0 Å². The van der Waals surface area contributed by atoms with E-state index in [9.17, 15) is 28.1 Å². The number of halogens is 3. The van der Waals surface area contributed by atoms with Crippen LogP contribution in [0, 0.1) is 10.1 Å². The number of carbonyl (C=O) groups excluding carboxylic acids is 1. The molecule has 0 aliphatic carbocycles. The Morgan fingerprint density at radius 3 is 2.35 bits per heavy atom. The van der Waals surface area contributed by atoms with Gasteiger partial charge in [0.25, 0.3) is 5.69 Å². The van der Waals surface area contributed by atoms with Crippen molar-refractivity contribution in [1.29, 1.82) is 0 Å². The molecule has 0 atom stereocenters. The molecule has 0 unspecified atom stereocenters. The molecule has 1 amide bonds. The van der Waals surface area contributed by atoms with Gasteiger partial charge in [0.2, 0.25) is 5.91 Å². The molecule has 0 bridgehead atoms. The van der Waals surface area contributed by atoms with Gasteiger partial charge in [0, 0.05) is 38.7 Å². The monoisotopic (exact) mass is 331 g/mol. The van der Waals surface area contributed by atoms with E-state index in [2.05, 4.69) is 0 Å². The quantitative estimate of drug-likeness (QED) is 0.631. The molecule has 0 spiro atoms. The smallest absolute Gasteiger partial charge is 0.362 e. The second kappa shape index (κ2) is 6.43. The molecule has 1 aromatic carbocycles. The van der Waals surface area contributed by atoms with Gasteiger partial charge < -0.3 is 9.80 Å². The molecule has 1 aliphatic rings. The number of hydrogen-bond acceptors (Lipinski definition) is 4. The molecule has 2 rings (SSSR count). The maximum atomic E-state index is 12.7. The molecule has 23 heavy (non-hydrogen) atoms. The van der Waals surface area contributed by atoms with Crippen molar-refractivity contribution in [3.8, 4) is 0 Å². The van der Waals surface area contributed by atoms with Crippen molar-refractivity contribution in [2.45, 2.75) is 19.5 Å². The van der Waals surface area contributed by atoms with Crippen LogP contribution < -0.4 is 4.90 Å². The van der Waals surface area contributed by atoms with E-state index < -0.39 is 22.4 Å². The molecule has 0 saturated carbocycles. The third-order valence-corrected chi connectivity index (χ3v) is 3.77. The lowest BCUT2D eigenvalue weighted by Crippen LogP contribution is -2.48. The number of anilines is 1. The summed E-state index contributed by atoms with van der Waals surface area (Å²) in [5, 5.41) is 11.1. The molecule has 0 aromatic heterocycles. The molecule has 1 aromatic rings. The Bertz CT molecular complexity index is 611. The number of piperazine rings is 1. The number of nitro benzene ring substituents is 1. The van der Waals surface area contributed by atoms with Crippen LogP contribution in [0.3, 0.4) is 0 Å². The molecule has 1 heterocycles. The summed E-state index contributed by atoms with van der Waals surface area (Å²) in [5.74, 6) is -0.00781. The first-order valence-corrected chi connectivity index (χ1v) is 7.12. The lowest BCUT2D eigenvalue weighted by molar-refractivity contribution is -0.384. The molecule has 1 aliphatic heterocycles. The summed E-state index contributed by atoms with van der Waals surface area (Å²) in [7, 11) is 0. The van der Waals surface area contributed by atoms with Gasteiger partial charge in [0.05, 0.1) is 10.5 Å². The summed E-state index contributed by atoms with van der Waals surface area (Å²) in [4.78, 5) is 25.2. The highest BCUT2D eigenvalue weighted by Crippen LogP contribution is 2.36. The van der Waals surface area contributed by atoms with E-state index in [1.165, 1.54) is 0 Å². The fourth-order valence-electron chi connectivity index (χ4n) is 2.53. The standard InChI is InChI=1S/C14H16F3N3O3/c1-2-13(21)19-7-5-18(6-8-19)11-4-3-10(14(15,16)17)9-12(11)20(22)23/h3-4,9H,2,5-8H2,1H3. The number of amides is 1. The summed E-state index contributed by atoms with van der Waals surface area (Å²) in [5.41, 5.74) is -1.48. The minimum atomic E-state index is -4.63. The molecular formula is C14H16F3N3O3. The molecule has 1 fully saturated rings. The number of alkyl halides is 3. The van der Waals surface area contributed by atoms with Crippen molar-refractivity contribution < 1.29 is 22.9 Å². The van der Waals surface area contributed by atoms with Gasteiger partial charge in [-0.2, -0.15) is 13.2 Å². The zero-order valence-electron chi connectivity index (χ0n) is 12.5. The Balaban J connectivity index is 2.23. The van der Waals surface area contributed by atoms with Crippen molar-refractivity contribution in [3.63, 3.8) is 0 Å². The summed E-state index contributed by atoms with van der Waals surface area (Å²) in [6, 6.07) is 2.52. The van der Waals surface area contributed by atoms with Crippen molar-refractivity contribution >= 4 is 17.3 Å². The van der Waals surface area contributed by atoms with Crippen molar-refractivity contribution in [2.24, 2.45) is 0 Å². The van der Waals surface area contributed by atoms with Gasteiger partial charge in [-0.25, -0.2) is 0 Å². The minimum absolute atomic E-state index is 0.00781. The maximum absolute atomic E-state index is 12.7. The average Bonchev–Trinajstić information content (AvgIpc) is 2.52. The summed E-state index contributed by atoms with van der Waals surface area (Å²) < 4.78 is 38.1. The molecule has 1 saturated heterocycles. The normalized spacial score (nSPS) is 15.7. The predicted molar refractivity (Wildman–Crippen MR) is 77.2 cm³/mol. The third kappa shape index (κ3) is 3.72. The van der Waals surface area contributed by atoms with Gasteiger partial charge >= 0.3 is 6.18 Å². The average molecular weight is 331 g/mol. The number of rotatable bonds is 3. The van der Waals surface area contributed by atoms with Crippen LogP contribution in [0.5, 0.6) is 0 Å². The zero-order chi connectivity index (χ0) is 17.2. The Morgan fingerprint density at radius 2 is 1.87 bits per heavy atom. The van der Waals surface area contributed by atoms with Gasteiger partial charge in [-0.1, -0.05) is 6.92 Å². The topological polar surface area (TPSA) is 66.7 Å². The molecule has 9 heteroatoms. The first-order valence-electron chi connectivity index (χ1n) is 7.12. The molecular weight excluding hydrogens is 315 g/mol. The van der Waals surface area contributed by atoms with Crippen LogP contribution in [0.25, 0.3) is 0 Å².